The van der Waals surface area contributed by atoms with Gasteiger partial charge in [0.25, 0.3) is 0 Å². The fourth-order valence-corrected chi connectivity index (χ4v) is 4.38. The average molecular weight is 226 g/mol. The molecule has 4 heteroatoms. The van der Waals surface area contributed by atoms with Gasteiger partial charge in [0.1, 0.15) is 11.8 Å². The van der Waals surface area contributed by atoms with Crippen LogP contribution in [0.15, 0.2) is 30.3 Å². The molecule has 0 saturated carbocycles. The molecule has 1 aliphatic rings. The number of rotatable bonds is 2. The van der Waals surface area contributed by atoms with Crippen LogP contribution in [-0.2, 0) is 9.84 Å². The van der Waals surface area contributed by atoms with Crippen molar-refractivity contribution in [3.8, 4) is 0 Å². The fourth-order valence-electron chi connectivity index (χ4n) is 2.25. The number of sulfone groups is 1. The van der Waals surface area contributed by atoms with Crippen molar-refractivity contribution in [3.05, 3.63) is 35.9 Å². The molecule has 82 valence electrons. The third-order valence-electron chi connectivity index (χ3n) is 3.05. The summed E-state index contributed by atoms with van der Waals surface area (Å²) in [5.74, 6) is 0.760. The first-order valence-corrected chi connectivity index (χ1v) is 6.99. The van der Waals surface area contributed by atoms with E-state index in [2.05, 4.69) is 0 Å². The largest absolute Gasteiger partial charge is 0.345 e. The summed E-state index contributed by atoms with van der Waals surface area (Å²) in [6.07, 6.45) is 0. The smallest absolute Gasteiger partial charge is 0.156 e. The van der Waals surface area contributed by atoms with Crippen molar-refractivity contribution < 1.29 is 13.7 Å². The van der Waals surface area contributed by atoms with E-state index in [9.17, 15) is 8.42 Å². The number of nitrogens with two attached hydrogens (primary N) is 1. The molecule has 1 aromatic rings. The molecule has 1 aromatic carbocycles. The van der Waals surface area contributed by atoms with Gasteiger partial charge in [-0.3, -0.25) is 0 Å². The Labute approximate surface area is 90.4 Å². The second-order valence-corrected chi connectivity index (χ2v) is 6.25. The predicted octanol–water partition coefficient (Wildman–Crippen LogP) is -0.240. The van der Waals surface area contributed by atoms with E-state index in [4.69, 9.17) is 0 Å². The van der Waals surface area contributed by atoms with Crippen LogP contribution in [0.2, 0.25) is 0 Å². The van der Waals surface area contributed by atoms with E-state index < -0.39 is 9.84 Å². The van der Waals surface area contributed by atoms with Gasteiger partial charge in [-0.2, -0.15) is 0 Å². The molecule has 0 amide bonds. The second-order valence-electron chi connectivity index (χ2n) is 4.09. The summed E-state index contributed by atoms with van der Waals surface area (Å²) in [5.41, 5.74) is 1.14. The van der Waals surface area contributed by atoms with Gasteiger partial charge in [-0.1, -0.05) is 30.3 Å². The lowest BCUT2D eigenvalue weighted by molar-refractivity contribution is -0.660. The quantitative estimate of drug-likeness (QED) is 0.756. The van der Waals surface area contributed by atoms with Crippen LogP contribution < -0.4 is 5.32 Å². The third kappa shape index (κ3) is 2.21. The van der Waals surface area contributed by atoms with Gasteiger partial charge in [-0.15, -0.1) is 0 Å². The van der Waals surface area contributed by atoms with Crippen LogP contribution in [0.4, 0.5) is 0 Å². The molecule has 0 bridgehead atoms. The minimum Gasteiger partial charge on any atom is -0.345 e. The molecule has 1 fully saturated rings. The topological polar surface area (TPSA) is 50.8 Å². The van der Waals surface area contributed by atoms with Gasteiger partial charge in [0.05, 0.1) is 18.7 Å². The summed E-state index contributed by atoms with van der Waals surface area (Å²) < 4.78 is 23.1. The first-order valence-electron chi connectivity index (χ1n) is 5.17. The molecule has 3 nitrogen and oxygen atoms in total. The number of hydrogen-bond acceptors (Lipinski definition) is 2. The van der Waals surface area contributed by atoms with E-state index in [1.807, 2.05) is 42.7 Å². The predicted molar refractivity (Wildman–Crippen MR) is 59.5 cm³/mol. The van der Waals surface area contributed by atoms with Gasteiger partial charge in [0.2, 0.25) is 0 Å². The molecule has 2 N–H and O–H groups in total. The van der Waals surface area contributed by atoms with Crippen molar-refractivity contribution in [2.45, 2.75) is 12.0 Å². The summed E-state index contributed by atoms with van der Waals surface area (Å²) >= 11 is 0. The lowest BCUT2D eigenvalue weighted by Gasteiger charge is -2.14. The molecule has 0 aliphatic carbocycles. The lowest BCUT2D eigenvalue weighted by atomic mass is 9.95. The summed E-state index contributed by atoms with van der Waals surface area (Å²) in [4.78, 5) is 0. The zero-order valence-corrected chi connectivity index (χ0v) is 9.57. The standard InChI is InChI=1S/C11H15NO2S/c1-12-11-8-15(13,14)7-10(11)9-5-3-2-4-6-9/h2-6,10-12H,7-8H2,1H3/p+1/t10-,11-/m1/s1. The Bertz CT molecular complexity index is 427. The van der Waals surface area contributed by atoms with Crippen molar-refractivity contribution in [3.63, 3.8) is 0 Å². The van der Waals surface area contributed by atoms with Crippen LogP contribution >= 0.6 is 0 Å². The van der Waals surface area contributed by atoms with E-state index in [0.717, 1.165) is 5.56 Å². The monoisotopic (exact) mass is 226 g/mol. The number of quaternary nitrogens is 1. The highest BCUT2D eigenvalue weighted by atomic mass is 32.2. The Kier molecular flexibility index (Phi) is 2.80. The van der Waals surface area contributed by atoms with Crippen LogP contribution in [0.3, 0.4) is 0 Å². The Balaban J connectivity index is 2.30. The molecular weight excluding hydrogens is 210 g/mol. The van der Waals surface area contributed by atoms with Crippen molar-refractivity contribution in [2.24, 2.45) is 0 Å². The zero-order valence-electron chi connectivity index (χ0n) is 8.76. The van der Waals surface area contributed by atoms with Crippen LogP contribution in [0.5, 0.6) is 0 Å². The molecule has 0 spiro atoms. The summed E-state index contributed by atoms with van der Waals surface area (Å²) in [7, 11) is -0.890. The van der Waals surface area contributed by atoms with Crippen molar-refractivity contribution >= 4 is 9.84 Å². The Morgan fingerprint density at radius 2 is 1.87 bits per heavy atom. The van der Waals surface area contributed by atoms with Gasteiger partial charge < -0.3 is 5.32 Å². The first-order chi connectivity index (χ1) is 7.12. The summed E-state index contributed by atoms with van der Waals surface area (Å²) in [6.45, 7) is 0. The third-order valence-corrected chi connectivity index (χ3v) is 4.81. The maximum absolute atomic E-state index is 11.6. The fraction of sp³-hybridized carbons (Fsp3) is 0.455. The summed E-state index contributed by atoms with van der Waals surface area (Å²) in [6, 6.07) is 10.1. The maximum atomic E-state index is 11.6. The SMILES string of the molecule is C[NH2+][C@@H]1CS(=O)(=O)C[C@@H]1c1ccccc1. The van der Waals surface area contributed by atoms with Crippen molar-refractivity contribution in [2.75, 3.05) is 18.6 Å². The number of benzene rings is 1. The van der Waals surface area contributed by atoms with Crippen molar-refractivity contribution in [1.29, 1.82) is 0 Å². The zero-order chi connectivity index (χ0) is 10.9. The maximum Gasteiger partial charge on any atom is 0.156 e. The van der Waals surface area contributed by atoms with Gasteiger partial charge in [-0.05, 0) is 5.56 Å². The molecule has 0 aromatic heterocycles. The Morgan fingerprint density at radius 1 is 1.20 bits per heavy atom. The van der Waals surface area contributed by atoms with Gasteiger partial charge in [0.15, 0.2) is 9.84 Å². The van der Waals surface area contributed by atoms with E-state index >= 15 is 0 Å². The highest BCUT2D eigenvalue weighted by Gasteiger charge is 2.40. The van der Waals surface area contributed by atoms with Crippen LogP contribution in [0, 0.1) is 0 Å². The second kappa shape index (κ2) is 3.94. The minimum absolute atomic E-state index is 0.154. The van der Waals surface area contributed by atoms with Gasteiger partial charge in [0, 0.05) is 0 Å². The minimum atomic E-state index is -2.84. The summed E-state index contributed by atoms with van der Waals surface area (Å²) in [5, 5.41) is 2.02. The Morgan fingerprint density at radius 3 is 2.47 bits per heavy atom. The van der Waals surface area contributed by atoms with Crippen LogP contribution in [0.1, 0.15) is 11.5 Å². The lowest BCUT2D eigenvalue weighted by Crippen LogP contribution is -2.87. The highest BCUT2D eigenvalue weighted by molar-refractivity contribution is 7.91. The van der Waals surface area contributed by atoms with E-state index in [1.54, 1.807) is 0 Å². The van der Waals surface area contributed by atoms with E-state index in [1.165, 1.54) is 0 Å². The van der Waals surface area contributed by atoms with Crippen LogP contribution in [-0.4, -0.2) is 33.0 Å². The number of hydrogen-bond donors (Lipinski definition) is 1. The van der Waals surface area contributed by atoms with Gasteiger partial charge >= 0.3 is 0 Å². The normalized spacial score (nSPS) is 29.1. The molecule has 0 unspecified atom stereocenters. The van der Waals surface area contributed by atoms with E-state index in [0.29, 0.717) is 11.5 Å². The molecule has 2 rings (SSSR count). The highest BCUT2D eigenvalue weighted by Crippen LogP contribution is 2.27. The van der Waals surface area contributed by atoms with Crippen LogP contribution in [0.25, 0.3) is 0 Å². The molecule has 1 heterocycles. The first kappa shape index (κ1) is 10.6. The molecular formula is C11H16NO2S+. The number of likely N-dealkylation sites (N-methyl/N-ethyl adjacent to an activating group) is 1. The van der Waals surface area contributed by atoms with Gasteiger partial charge in [-0.25, -0.2) is 8.42 Å². The molecule has 0 radical (unpaired) electrons. The molecule has 1 aliphatic heterocycles. The molecule has 1 saturated heterocycles. The van der Waals surface area contributed by atoms with E-state index in [-0.39, 0.29) is 12.0 Å². The Hall–Kier alpha value is -0.870. The average Bonchev–Trinajstić information content (AvgIpc) is 2.55. The van der Waals surface area contributed by atoms with Crippen molar-refractivity contribution in [1.82, 2.24) is 0 Å². The molecule has 2 atom stereocenters. The molecule has 15 heavy (non-hydrogen) atoms.